The van der Waals surface area contributed by atoms with E-state index < -0.39 is 0 Å². The number of aryl methyl sites for hydroxylation is 1. The number of aromatic nitrogens is 1. The Kier molecular flexibility index (Phi) is 9.55. The lowest BCUT2D eigenvalue weighted by atomic mass is 9.98. The second-order valence-electron chi connectivity index (χ2n) is 4.94. The minimum Gasteiger partial charge on any atom is -0.342 e. The highest BCUT2D eigenvalue weighted by molar-refractivity contribution is 5.85. The third-order valence-electron chi connectivity index (χ3n) is 3.58. The van der Waals surface area contributed by atoms with Gasteiger partial charge in [-0.2, -0.15) is 0 Å². The lowest BCUT2D eigenvalue weighted by Gasteiger charge is -2.32. The molecule has 2 N–H and O–H groups in total. The molecule has 1 saturated heterocycles. The van der Waals surface area contributed by atoms with Crippen LogP contribution in [0.1, 0.15) is 24.8 Å². The number of hydrogen-bond acceptors (Lipinski definition) is 3. The third-order valence-corrected chi connectivity index (χ3v) is 3.58. The normalized spacial score (nSPS) is 17.9. The van der Waals surface area contributed by atoms with Crippen LogP contribution in [0, 0.1) is 5.92 Å². The Hall–Kier alpha value is -0.840. The van der Waals surface area contributed by atoms with Crippen LogP contribution in [-0.2, 0) is 11.2 Å². The van der Waals surface area contributed by atoms with Crippen molar-refractivity contribution in [3.63, 3.8) is 0 Å². The van der Waals surface area contributed by atoms with Gasteiger partial charge >= 0.3 is 0 Å². The molecule has 0 spiro atoms. The quantitative estimate of drug-likeness (QED) is 0.924. The van der Waals surface area contributed by atoms with E-state index in [9.17, 15) is 4.79 Å². The van der Waals surface area contributed by atoms with Crippen molar-refractivity contribution in [3.05, 3.63) is 30.1 Å². The van der Waals surface area contributed by atoms with Crippen LogP contribution >= 0.6 is 24.8 Å². The van der Waals surface area contributed by atoms with Crippen LogP contribution in [0.25, 0.3) is 0 Å². The summed E-state index contributed by atoms with van der Waals surface area (Å²) in [6, 6.07) is 3.93. The topological polar surface area (TPSA) is 59.2 Å². The van der Waals surface area contributed by atoms with Crippen LogP contribution in [0.15, 0.2) is 24.5 Å². The molecule has 1 unspecified atom stereocenters. The Labute approximate surface area is 132 Å². The fourth-order valence-electron chi connectivity index (χ4n) is 2.44. The van der Waals surface area contributed by atoms with Crippen molar-refractivity contribution in [2.45, 2.75) is 25.7 Å². The number of nitrogens with zero attached hydrogens (tertiary/aromatic N) is 2. The molecule has 20 heavy (non-hydrogen) atoms. The monoisotopic (exact) mass is 319 g/mol. The van der Waals surface area contributed by atoms with Crippen molar-refractivity contribution in [2.75, 3.05) is 19.6 Å². The molecule has 0 aromatic carbocycles. The number of hydrogen-bond donors (Lipinski definition) is 1. The summed E-state index contributed by atoms with van der Waals surface area (Å²) in [5.41, 5.74) is 6.86. The van der Waals surface area contributed by atoms with Gasteiger partial charge in [-0.1, -0.05) is 0 Å². The van der Waals surface area contributed by atoms with E-state index in [0.29, 0.717) is 18.9 Å². The van der Waals surface area contributed by atoms with Gasteiger partial charge in [0.2, 0.25) is 5.91 Å². The smallest absolute Gasteiger partial charge is 0.222 e. The standard InChI is InChI=1S/C14H21N3O.2ClH/c15-10-13-2-1-9-17(11-13)14(18)4-3-12-5-7-16-8-6-12;;/h5-8,13H,1-4,9-11,15H2;2*1H. The fourth-order valence-corrected chi connectivity index (χ4v) is 2.44. The molecule has 1 amide bonds. The van der Waals surface area contributed by atoms with Crippen molar-refractivity contribution in [1.29, 1.82) is 0 Å². The van der Waals surface area contributed by atoms with Crippen LogP contribution in [0.3, 0.4) is 0 Å². The van der Waals surface area contributed by atoms with E-state index in [0.717, 1.165) is 32.4 Å². The number of likely N-dealkylation sites (tertiary alicyclic amines) is 1. The molecule has 1 aliphatic rings. The SMILES string of the molecule is Cl.Cl.NCC1CCCN(C(=O)CCc2ccncc2)C1. The van der Waals surface area contributed by atoms with Gasteiger partial charge in [-0.3, -0.25) is 9.78 Å². The molecule has 1 aromatic rings. The van der Waals surface area contributed by atoms with Crippen molar-refractivity contribution in [2.24, 2.45) is 11.7 Å². The summed E-state index contributed by atoms with van der Waals surface area (Å²) in [6.45, 7) is 2.42. The zero-order chi connectivity index (χ0) is 12.8. The molecule has 2 rings (SSSR count). The highest BCUT2D eigenvalue weighted by atomic mass is 35.5. The third kappa shape index (κ3) is 5.65. The van der Waals surface area contributed by atoms with E-state index in [1.165, 1.54) is 5.56 Å². The lowest BCUT2D eigenvalue weighted by molar-refractivity contribution is -0.132. The van der Waals surface area contributed by atoms with Gasteiger partial charge in [0.15, 0.2) is 0 Å². The Bertz CT molecular complexity index is 389. The van der Waals surface area contributed by atoms with Crippen LogP contribution in [-0.4, -0.2) is 35.4 Å². The fraction of sp³-hybridized carbons (Fsp3) is 0.571. The predicted octanol–water partition coefficient (Wildman–Crippen LogP) is 2.06. The number of pyridine rings is 1. The molecule has 1 fully saturated rings. The number of amides is 1. The van der Waals surface area contributed by atoms with E-state index in [1.807, 2.05) is 17.0 Å². The highest BCUT2D eigenvalue weighted by Gasteiger charge is 2.22. The van der Waals surface area contributed by atoms with Crippen LogP contribution in [0.5, 0.6) is 0 Å². The maximum absolute atomic E-state index is 12.1. The molecular formula is C14H23Cl2N3O. The van der Waals surface area contributed by atoms with Gasteiger partial charge in [0, 0.05) is 31.9 Å². The zero-order valence-corrected chi connectivity index (χ0v) is 13.2. The first-order valence-corrected chi connectivity index (χ1v) is 6.66. The molecule has 114 valence electrons. The molecule has 0 aliphatic carbocycles. The van der Waals surface area contributed by atoms with E-state index in [2.05, 4.69) is 4.98 Å². The average molecular weight is 320 g/mol. The molecule has 2 heterocycles. The summed E-state index contributed by atoms with van der Waals surface area (Å²) in [4.78, 5) is 18.1. The van der Waals surface area contributed by atoms with E-state index in [-0.39, 0.29) is 30.7 Å². The molecule has 0 radical (unpaired) electrons. The van der Waals surface area contributed by atoms with Crippen molar-refractivity contribution in [1.82, 2.24) is 9.88 Å². The molecule has 1 atom stereocenters. The zero-order valence-electron chi connectivity index (χ0n) is 11.5. The van der Waals surface area contributed by atoms with E-state index >= 15 is 0 Å². The Balaban J connectivity index is 0.00000180. The summed E-state index contributed by atoms with van der Waals surface area (Å²) in [5, 5.41) is 0. The number of carbonyl (C=O) groups excluding carboxylic acids is 1. The van der Waals surface area contributed by atoms with Crippen molar-refractivity contribution >= 4 is 30.7 Å². The van der Waals surface area contributed by atoms with Crippen LogP contribution in [0.4, 0.5) is 0 Å². The molecule has 0 saturated carbocycles. The molecule has 1 aliphatic heterocycles. The minimum absolute atomic E-state index is 0. The molecule has 6 heteroatoms. The summed E-state index contributed by atoms with van der Waals surface area (Å²) >= 11 is 0. The summed E-state index contributed by atoms with van der Waals surface area (Å²) in [6.07, 6.45) is 7.16. The van der Waals surface area contributed by atoms with Gasteiger partial charge in [-0.05, 0) is 49.4 Å². The number of piperidine rings is 1. The highest BCUT2D eigenvalue weighted by Crippen LogP contribution is 2.16. The predicted molar refractivity (Wildman–Crippen MR) is 85.4 cm³/mol. The first-order valence-electron chi connectivity index (χ1n) is 6.66. The summed E-state index contributed by atoms with van der Waals surface area (Å²) < 4.78 is 0. The number of rotatable bonds is 4. The Morgan fingerprint density at radius 2 is 2.05 bits per heavy atom. The van der Waals surface area contributed by atoms with Gasteiger partial charge in [0.25, 0.3) is 0 Å². The minimum atomic E-state index is 0. The van der Waals surface area contributed by atoms with E-state index in [1.54, 1.807) is 12.4 Å². The van der Waals surface area contributed by atoms with Gasteiger partial charge in [0.1, 0.15) is 0 Å². The number of halogens is 2. The second-order valence-corrected chi connectivity index (χ2v) is 4.94. The first kappa shape index (κ1) is 19.2. The molecule has 1 aromatic heterocycles. The Morgan fingerprint density at radius 1 is 1.35 bits per heavy atom. The van der Waals surface area contributed by atoms with Crippen molar-refractivity contribution < 1.29 is 4.79 Å². The molecule has 4 nitrogen and oxygen atoms in total. The van der Waals surface area contributed by atoms with Gasteiger partial charge in [-0.25, -0.2) is 0 Å². The summed E-state index contributed by atoms with van der Waals surface area (Å²) in [5.74, 6) is 0.744. The first-order chi connectivity index (χ1) is 8.79. The van der Waals surface area contributed by atoms with Crippen molar-refractivity contribution in [3.8, 4) is 0 Å². The maximum Gasteiger partial charge on any atom is 0.222 e. The molecular weight excluding hydrogens is 297 g/mol. The largest absolute Gasteiger partial charge is 0.342 e. The Morgan fingerprint density at radius 3 is 2.70 bits per heavy atom. The number of carbonyl (C=O) groups is 1. The number of nitrogens with two attached hydrogens (primary N) is 1. The average Bonchev–Trinajstić information content (AvgIpc) is 2.46. The van der Waals surface area contributed by atoms with E-state index in [4.69, 9.17) is 5.73 Å². The molecule has 0 bridgehead atoms. The second kappa shape index (κ2) is 9.97. The maximum atomic E-state index is 12.1. The van der Waals surface area contributed by atoms with Gasteiger partial charge < -0.3 is 10.6 Å². The van der Waals surface area contributed by atoms with Crippen LogP contribution < -0.4 is 5.73 Å². The van der Waals surface area contributed by atoms with Gasteiger partial charge in [0.05, 0.1) is 0 Å². The summed E-state index contributed by atoms with van der Waals surface area (Å²) in [7, 11) is 0. The van der Waals surface area contributed by atoms with Crippen LogP contribution in [0.2, 0.25) is 0 Å². The lowest BCUT2D eigenvalue weighted by Crippen LogP contribution is -2.42. The van der Waals surface area contributed by atoms with Gasteiger partial charge in [-0.15, -0.1) is 24.8 Å².